The summed E-state index contributed by atoms with van der Waals surface area (Å²) in [6.45, 7) is 0.950. The molecule has 0 aromatic heterocycles. The Hall–Kier alpha value is -2.53. The second-order valence-electron chi connectivity index (χ2n) is 5.27. The van der Waals surface area contributed by atoms with Gasteiger partial charge in [-0.1, -0.05) is 24.3 Å². The maximum Gasteiger partial charge on any atom is 0.238 e. The third-order valence-corrected chi connectivity index (χ3v) is 3.38. The molecule has 0 saturated heterocycles. The van der Waals surface area contributed by atoms with Crippen molar-refractivity contribution in [3.05, 3.63) is 54.1 Å². The first-order chi connectivity index (χ1) is 11.1. The SMILES string of the molecule is COc1cccc(CN(C)CC(=O)Nc2ccccc2OC)c1. The van der Waals surface area contributed by atoms with E-state index in [0.29, 0.717) is 18.0 Å². The van der Waals surface area contributed by atoms with Gasteiger partial charge in [0.2, 0.25) is 5.91 Å². The van der Waals surface area contributed by atoms with Gasteiger partial charge in [-0.2, -0.15) is 0 Å². The van der Waals surface area contributed by atoms with Gasteiger partial charge in [0.25, 0.3) is 0 Å². The summed E-state index contributed by atoms with van der Waals surface area (Å²) in [6.07, 6.45) is 0. The van der Waals surface area contributed by atoms with Crippen LogP contribution in [0, 0.1) is 0 Å². The molecule has 2 aromatic carbocycles. The van der Waals surface area contributed by atoms with Crippen LogP contribution in [0.1, 0.15) is 5.56 Å². The van der Waals surface area contributed by atoms with Crippen LogP contribution in [-0.2, 0) is 11.3 Å². The van der Waals surface area contributed by atoms with Crippen LogP contribution in [0.25, 0.3) is 0 Å². The summed E-state index contributed by atoms with van der Waals surface area (Å²) in [5, 5.41) is 2.87. The first kappa shape index (κ1) is 16.8. The Morgan fingerprint density at radius 2 is 1.87 bits per heavy atom. The molecule has 0 bridgehead atoms. The van der Waals surface area contributed by atoms with E-state index in [1.165, 1.54) is 0 Å². The Morgan fingerprint density at radius 1 is 1.09 bits per heavy atom. The standard InChI is InChI=1S/C18H22N2O3/c1-20(12-14-7-6-8-15(11-14)22-2)13-18(21)19-16-9-4-5-10-17(16)23-3/h4-11H,12-13H2,1-3H3,(H,19,21). The van der Waals surface area contributed by atoms with E-state index >= 15 is 0 Å². The minimum Gasteiger partial charge on any atom is -0.497 e. The van der Waals surface area contributed by atoms with E-state index in [1.807, 2.05) is 60.5 Å². The number of nitrogens with one attached hydrogen (secondary N) is 1. The highest BCUT2D eigenvalue weighted by atomic mass is 16.5. The second-order valence-corrected chi connectivity index (χ2v) is 5.27. The van der Waals surface area contributed by atoms with E-state index in [4.69, 9.17) is 9.47 Å². The maximum absolute atomic E-state index is 12.2. The Kier molecular flexibility index (Phi) is 6.00. The van der Waals surface area contributed by atoms with Gasteiger partial charge in [0, 0.05) is 6.54 Å². The predicted molar refractivity (Wildman–Crippen MR) is 91.0 cm³/mol. The molecule has 0 aliphatic carbocycles. The molecule has 2 rings (SSSR count). The van der Waals surface area contributed by atoms with Gasteiger partial charge in [-0.05, 0) is 36.9 Å². The monoisotopic (exact) mass is 314 g/mol. The summed E-state index contributed by atoms with van der Waals surface area (Å²) in [4.78, 5) is 14.1. The van der Waals surface area contributed by atoms with Gasteiger partial charge in [0.1, 0.15) is 11.5 Å². The molecule has 5 nitrogen and oxygen atoms in total. The van der Waals surface area contributed by atoms with Crippen LogP contribution in [0.15, 0.2) is 48.5 Å². The van der Waals surface area contributed by atoms with Crippen molar-refractivity contribution >= 4 is 11.6 Å². The lowest BCUT2D eigenvalue weighted by molar-refractivity contribution is -0.117. The number of likely N-dealkylation sites (N-methyl/N-ethyl adjacent to an activating group) is 1. The molecule has 0 unspecified atom stereocenters. The summed E-state index contributed by atoms with van der Waals surface area (Å²) >= 11 is 0. The predicted octanol–water partition coefficient (Wildman–Crippen LogP) is 2.77. The molecule has 0 spiro atoms. The Morgan fingerprint density at radius 3 is 2.61 bits per heavy atom. The van der Waals surface area contributed by atoms with E-state index in [0.717, 1.165) is 11.3 Å². The number of hydrogen-bond donors (Lipinski definition) is 1. The molecule has 23 heavy (non-hydrogen) atoms. The van der Waals surface area contributed by atoms with Crippen LogP contribution in [0.5, 0.6) is 11.5 Å². The highest BCUT2D eigenvalue weighted by Gasteiger charge is 2.10. The third kappa shape index (κ3) is 5.00. The van der Waals surface area contributed by atoms with Gasteiger partial charge in [0.05, 0.1) is 26.5 Å². The van der Waals surface area contributed by atoms with E-state index < -0.39 is 0 Å². The smallest absolute Gasteiger partial charge is 0.238 e. The third-order valence-electron chi connectivity index (χ3n) is 3.38. The average Bonchev–Trinajstić information content (AvgIpc) is 2.55. The molecule has 1 N–H and O–H groups in total. The molecule has 2 aromatic rings. The number of rotatable bonds is 7. The van der Waals surface area contributed by atoms with Gasteiger partial charge >= 0.3 is 0 Å². The number of methoxy groups -OCH3 is 2. The van der Waals surface area contributed by atoms with E-state index in [1.54, 1.807) is 14.2 Å². The highest BCUT2D eigenvalue weighted by molar-refractivity contribution is 5.93. The largest absolute Gasteiger partial charge is 0.497 e. The quantitative estimate of drug-likeness (QED) is 0.854. The lowest BCUT2D eigenvalue weighted by atomic mass is 10.2. The highest BCUT2D eigenvalue weighted by Crippen LogP contribution is 2.22. The van der Waals surface area contributed by atoms with Crippen molar-refractivity contribution in [3.8, 4) is 11.5 Å². The van der Waals surface area contributed by atoms with Crippen LogP contribution >= 0.6 is 0 Å². The first-order valence-corrected chi connectivity index (χ1v) is 7.36. The summed E-state index contributed by atoms with van der Waals surface area (Å²) in [5.41, 5.74) is 1.77. The van der Waals surface area contributed by atoms with Crippen LogP contribution < -0.4 is 14.8 Å². The fraction of sp³-hybridized carbons (Fsp3) is 0.278. The zero-order valence-electron chi connectivity index (χ0n) is 13.7. The fourth-order valence-electron chi connectivity index (χ4n) is 2.32. The molecule has 0 aliphatic heterocycles. The molecule has 1 amide bonds. The van der Waals surface area contributed by atoms with Crippen molar-refractivity contribution in [1.82, 2.24) is 4.90 Å². The first-order valence-electron chi connectivity index (χ1n) is 7.36. The van der Waals surface area contributed by atoms with Crippen LogP contribution in [0.2, 0.25) is 0 Å². The summed E-state index contributed by atoms with van der Waals surface area (Å²) in [7, 11) is 5.13. The summed E-state index contributed by atoms with van der Waals surface area (Å²) in [6, 6.07) is 15.2. The van der Waals surface area contributed by atoms with Crippen molar-refractivity contribution in [2.45, 2.75) is 6.54 Å². The van der Waals surface area contributed by atoms with Gasteiger partial charge < -0.3 is 14.8 Å². The zero-order chi connectivity index (χ0) is 16.7. The number of nitrogens with zero attached hydrogens (tertiary/aromatic N) is 1. The van der Waals surface area contributed by atoms with Crippen molar-refractivity contribution < 1.29 is 14.3 Å². The van der Waals surface area contributed by atoms with E-state index in [9.17, 15) is 4.79 Å². The fourth-order valence-corrected chi connectivity index (χ4v) is 2.32. The molecule has 0 radical (unpaired) electrons. The molecular formula is C18H22N2O3. The van der Waals surface area contributed by atoms with Gasteiger partial charge in [-0.25, -0.2) is 0 Å². The lowest BCUT2D eigenvalue weighted by Gasteiger charge is -2.17. The van der Waals surface area contributed by atoms with Gasteiger partial charge in [-0.3, -0.25) is 9.69 Å². The molecule has 0 aliphatic rings. The molecule has 0 fully saturated rings. The molecule has 5 heteroatoms. The lowest BCUT2D eigenvalue weighted by Crippen LogP contribution is -2.29. The number of ether oxygens (including phenoxy) is 2. The van der Waals surface area contributed by atoms with Crippen molar-refractivity contribution in [1.29, 1.82) is 0 Å². The van der Waals surface area contributed by atoms with Crippen molar-refractivity contribution in [2.24, 2.45) is 0 Å². The maximum atomic E-state index is 12.2. The minimum atomic E-state index is -0.0834. The summed E-state index contributed by atoms with van der Waals surface area (Å²) in [5.74, 6) is 1.38. The van der Waals surface area contributed by atoms with Crippen molar-refractivity contribution in [2.75, 3.05) is 33.1 Å². The second kappa shape index (κ2) is 8.19. The number of carbonyl (C=O) groups excluding carboxylic acids is 1. The normalized spacial score (nSPS) is 10.4. The van der Waals surface area contributed by atoms with Crippen molar-refractivity contribution in [3.63, 3.8) is 0 Å². The van der Waals surface area contributed by atoms with E-state index in [2.05, 4.69) is 5.32 Å². The number of carbonyl (C=O) groups is 1. The van der Waals surface area contributed by atoms with Gasteiger partial charge in [-0.15, -0.1) is 0 Å². The number of benzene rings is 2. The Labute approximate surface area is 136 Å². The molecular weight excluding hydrogens is 292 g/mol. The van der Waals surface area contributed by atoms with E-state index in [-0.39, 0.29) is 12.5 Å². The van der Waals surface area contributed by atoms with Crippen LogP contribution in [0.4, 0.5) is 5.69 Å². The molecule has 0 heterocycles. The number of hydrogen-bond acceptors (Lipinski definition) is 4. The average molecular weight is 314 g/mol. The van der Waals surface area contributed by atoms with Gasteiger partial charge in [0.15, 0.2) is 0 Å². The zero-order valence-corrected chi connectivity index (χ0v) is 13.7. The molecule has 0 saturated carbocycles. The number of amides is 1. The minimum absolute atomic E-state index is 0.0834. The topological polar surface area (TPSA) is 50.8 Å². The number of para-hydroxylation sites is 2. The number of anilines is 1. The van der Waals surface area contributed by atoms with Crippen LogP contribution in [0.3, 0.4) is 0 Å². The Balaban J connectivity index is 1.91. The Bertz CT molecular complexity index is 658. The molecule has 122 valence electrons. The molecule has 0 atom stereocenters. The summed E-state index contributed by atoms with van der Waals surface area (Å²) < 4.78 is 10.4. The van der Waals surface area contributed by atoms with Crippen LogP contribution in [-0.4, -0.2) is 38.6 Å².